The third kappa shape index (κ3) is 3.23. The van der Waals surface area contributed by atoms with Gasteiger partial charge in [0.05, 0.1) is 11.1 Å². The van der Waals surface area contributed by atoms with E-state index in [9.17, 15) is 0 Å². The van der Waals surface area contributed by atoms with Gasteiger partial charge in [-0.25, -0.2) is 9.50 Å². The Morgan fingerprint density at radius 2 is 2.12 bits per heavy atom. The van der Waals surface area contributed by atoms with E-state index in [2.05, 4.69) is 40.6 Å². The summed E-state index contributed by atoms with van der Waals surface area (Å²) in [5, 5.41) is 18.4. The maximum atomic E-state index is 9.11. The highest BCUT2D eigenvalue weighted by Crippen LogP contribution is 2.33. The predicted octanol–water partition coefficient (Wildman–Crippen LogP) is 4.04. The summed E-state index contributed by atoms with van der Waals surface area (Å²) in [7, 11) is 0. The normalized spacial score (nSPS) is 12.7. The Morgan fingerprint density at radius 1 is 1.24 bits per heavy atom. The fraction of sp³-hybridized carbons (Fsp3) is 0.263. The van der Waals surface area contributed by atoms with Gasteiger partial charge >= 0.3 is 0 Å². The van der Waals surface area contributed by atoms with Crippen LogP contribution >= 0.6 is 11.3 Å². The van der Waals surface area contributed by atoms with Gasteiger partial charge in [0, 0.05) is 17.9 Å². The fourth-order valence-electron chi connectivity index (χ4n) is 2.78. The molecule has 3 heterocycles. The maximum Gasteiger partial charge on any atom is 0.154 e. The summed E-state index contributed by atoms with van der Waals surface area (Å²) < 4.78 is 3.16. The standard InChI is InChI=1S/C19H20N4OS/c1-13(12-24)8-9-20-18-6-7-19-21-11-15(23(19)22-18)17-10-14-4-2-3-5-16(14)25-17/h2-7,10-11,13,24H,8-9,12H2,1H3,(H,20,22). The second-order valence-electron chi connectivity index (χ2n) is 6.28. The Morgan fingerprint density at radius 3 is 2.96 bits per heavy atom. The van der Waals surface area contributed by atoms with Crippen LogP contribution in [0.15, 0.2) is 48.7 Å². The van der Waals surface area contributed by atoms with Crippen molar-refractivity contribution in [1.82, 2.24) is 14.6 Å². The van der Waals surface area contributed by atoms with Crippen molar-refractivity contribution >= 4 is 32.9 Å². The van der Waals surface area contributed by atoms with Crippen molar-refractivity contribution in [1.29, 1.82) is 0 Å². The number of nitrogens with one attached hydrogen (secondary N) is 1. The first-order chi connectivity index (χ1) is 12.2. The van der Waals surface area contributed by atoms with E-state index in [1.807, 2.05) is 29.8 Å². The molecule has 128 valence electrons. The number of nitrogens with zero attached hydrogens (tertiary/aromatic N) is 3. The van der Waals surface area contributed by atoms with Gasteiger partial charge in [-0.2, -0.15) is 0 Å². The van der Waals surface area contributed by atoms with Gasteiger partial charge in [0.2, 0.25) is 0 Å². The van der Waals surface area contributed by atoms with Crippen molar-refractivity contribution in [2.75, 3.05) is 18.5 Å². The van der Waals surface area contributed by atoms with Crippen molar-refractivity contribution in [3.8, 4) is 10.6 Å². The summed E-state index contributed by atoms with van der Waals surface area (Å²) in [5.74, 6) is 1.11. The van der Waals surface area contributed by atoms with Crippen molar-refractivity contribution in [2.45, 2.75) is 13.3 Å². The average molecular weight is 352 g/mol. The number of thiophene rings is 1. The number of aromatic nitrogens is 3. The molecule has 0 bridgehead atoms. The van der Waals surface area contributed by atoms with Crippen LogP contribution in [0.2, 0.25) is 0 Å². The Bertz CT molecular complexity index is 974. The topological polar surface area (TPSA) is 62.5 Å². The summed E-state index contributed by atoms with van der Waals surface area (Å²) in [4.78, 5) is 5.63. The zero-order valence-corrected chi connectivity index (χ0v) is 14.8. The monoisotopic (exact) mass is 352 g/mol. The number of fused-ring (bicyclic) bond motifs is 2. The molecule has 0 aliphatic rings. The van der Waals surface area contributed by atoms with E-state index in [1.165, 1.54) is 10.1 Å². The van der Waals surface area contributed by atoms with Crippen LogP contribution in [-0.4, -0.2) is 32.9 Å². The minimum atomic E-state index is 0.214. The van der Waals surface area contributed by atoms with Crippen LogP contribution in [0.1, 0.15) is 13.3 Å². The number of rotatable bonds is 6. The molecule has 0 saturated carbocycles. The van der Waals surface area contributed by atoms with E-state index in [0.29, 0.717) is 5.92 Å². The molecule has 0 aliphatic heterocycles. The zero-order chi connectivity index (χ0) is 17.2. The maximum absolute atomic E-state index is 9.11. The molecule has 1 unspecified atom stereocenters. The zero-order valence-electron chi connectivity index (χ0n) is 14.0. The molecule has 0 saturated heterocycles. The first-order valence-electron chi connectivity index (χ1n) is 8.43. The molecule has 1 atom stereocenters. The second kappa shape index (κ2) is 6.82. The summed E-state index contributed by atoms with van der Waals surface area (Å²) in [5.41, 5.74) is 1.84. The fourth-order valence-corrected chi connectivity index (χ4v) is 3.84. The largest absolute Gasteiger partial charge is 0.396 e. The molecule has 1 aromatic carbocycles. The lowest BCUT2D eigenvalue weighted by atomic mass is 10.1. The number of hydrogen-bond acceptors (Lipinski definition) is 5. The van der Waals surface area contributed by atoms with Gasteiger partial charge in [-0.3, -0.25) is 0 Å². The molecule has 6 heteroatoms. The molecule has 4 aromatic rings. The van der Waals surface area contributed by atoms with Crippen LogP contribution in [0.3, 0.4) is 0 Å². The third-order valence-corrected chi connectivity index (χ3v) is 5.43. The van der Waals surface area contributed by atoms with E-state index >= 15 is 0 Å². The van der Waals surface area contributed by atoms with Crippen LogP contribution in [0.4, 0.5) is 5.82 Å². The van der Waals surface area contributed by atoms with Gasteiger partial charge in [-0.15, -0.1) is 16.4 Å². The first-order valence-corrected chi connectivity index (χ1v) is 9.25. The molecule has 0 radical (unpaired) electrons. The van der Waals surface area contributed by atoms with Gasteiger partial charge in [0.15, 0.2) is 5.65 Å². The minimum Gasteiger partial charge on any atom is -0.396 e. The lowest BCUT2D eigenvalue weighted by Crippen LogP contribution is -2.11. The highest BCUT2D eigenvalue weighted by molar-refractivity contribution is 7.22. The Kier molecular flexibility index (Phi) is 4.38. The number of hydrogen-bond donors (Lipinski definition) is 2. The number of aliphatic hydroxyl groups is 1. The number of aliphatic hydroxyl groups excluding tert-OH is 1. The smallest absolute Gasteiger partial charge is 0.154 e. The van der Waals surface area contributed by atoms with E-state index in [0.717, 1.165) is 35.0 Å². The van der Waals surface area contributed by atoms with Gasteiger partial charge in [-0.05, 0) is 42.0 Å². The summed E-state index contributed by atoms with van der Waals surface area (Å²) >= 11 is 1.75. The minimum absolute atomic E-state index is 0.214. The van der Waals surface area contributed by atoms with Crippen molar-refractivity contribution in [3.05, 3.63) is 48.7 Å². The average Bonchev–Trinajstić information content (AvgIpc) is 3.24. The molecule has 0 fully saturated rings. The van der Waals surface area contributed by atoms with Crippen LogP contribution in [0.25, 0.3) is 26.3 Å². The van der Waals surface area contributed by atoms with Gasteiger partial charge in [0.1, 0.15) is 11.5 Å². The van der Waals surface area contributed by atoms with Gasteiger partial charge < -0.3 is 10.4 Å². The molecule has 0 amide bonds. The highest BCUT2D eigenvalue weighted by atomic mass is 32.1. The molecule has 3 aromatic heterocycles. The number of anilines is 1. The number of imidazole rings is 1. The van der Waals surface area contributed by atoms with Crippen LogP contribution in [-0.2, 0) is 0 Å². The Labute approximate surface area is 150 Å². The molecular formula is C19H20N4OS. The summed E-state index contributed by atoms with van der Waals surface area (Å²) in [6, 6.07) is 14.5. The first kappa shape index (κ1) is 16.1. The quantitative estimate of drug-likeness (QED) is 0.550. The van der Waals surface area contributed by atoms with E-state index in [1.54, 1.807) is 11.3 Å². The summed E-state index contributed by atoms with van der Waals surface area (Å²) in [6.07, 6.45) is 2.79. The molecule has 0 aliphatic carbocycles. The molecule has 5 nitrogen and oxygen atoms in total. The van der Waals surface area contributed by atoms with Crippen LogP contribution in [0.5, 0.6) is 0 Å². The Balaban J connectivity index is 1.64. The second-order valence-corrected chi connectivity index (χ2v) is 7.37. The van der Waals surface area contributed by atoms with Crippen molar-refractivity contribution in [3.63, 3.8) is 0 Å². The molecule has 0 spiro atoms. The number of benzene rings is 1. The molecular weight excluding hydrogens is 332 g/mol. The van der Waals surface area contributed by atoms with E-state index in [4.69, 9.17) is 10.2 Å². The lowest BCUT2D eigenvalue weighted by molar-refractivity contribution is 0.233. The van der Waals surface area contributed by atoms with E-state index in [-0.39, 0.29) is 6.61 Å². The predicted molar refractivity (Wildman–Crippen MR) is 103 cm³/mol. The molecule has 4 rings (SSSR count). The van der Waals surface area contributed by atoms with Crippen molar-refractivity contribution < 1.29 is 5.11 Å². The SMILES string of the molecule is CC(CO)CCNc1ccc2ncc(-c3cc4ccccc4s3)n2n1. The summed E-state index contributed by atoms with van der Waals surface area (Å²) in [6.45, 7) is 3.03. The van der Waals surface area contributed by atoms with Crippen LogP contribution in [0, 0.1) is 5.92 Å². The van der Waals surface area contributed by atoms with Gasteiger partial charge in [0.25, 0.3) is 0 Å². The third-order valence-electron chi connectivity index (χ3n) is 4.30. The van der Waals surface area contributed by atoms with Crippen molar-refractivity contribution in [2.24, 2.45) is 5.92 Å². The lowest BCUT2D eigenvalue weighted by Gasteiger charge is -2.09. The van der Waals surface area contributed by atoms with Gasteiger partial charge in [-0.1, -0.05) is 25.1 Å². The molecule has 2 N–H and O–H groups in total. The highest BCUT2D eigenvalue weighted by Gasteiger charge is 2.11. The van der Waals surface area contributed by atoms with Crippen LogP contribution < -0.4 is 5.32 Å². The molecule has 25 heavy (non-hydrogen) atoms. The van der Waals surface area contributed by atoms with E-state index < -0.39 is 0 Å². The Hall–Kier alpha value is -2.44.